The molecule has 0 amide bonds. The monoisotopic (exact) mass is 544 g/mol. The molecule has 0 saturated heterocycles. The molecule has 2 aliphatic heterocycles. The minimum atomic E-state index is -6.07. The summed E-state index contributed by atoms with van der Waals surface area (Å²) in [6.07, 6.45) is -12.1. The van der Waals surface area contributed by atoms with Crippen molar-refractivity contribution in [1.29, 1.82) is 0 Å². The molecule has 6 rings (SSSR count). The number of ether oxygens (including phenoxy) is 2. The van der Waals surface area contributed by atoms with Gasteiger partial charge in [0.25, 0.3) is 0 Å². The number of benzene rings is 4. The maximum absolute atomic E-state index is 15.0. The van der Waals surface area contributed by atoms with Gasteiger partial charge in [0.05, 0.1) is 22.3 Å². The van der Waals surface area contributed by atoms with Crippen LogP contribution in [0.5, 0.6) is 0 Å². The molecule has 0 N–H and O–H groups in total. The molecule has 0 atom stereocenters. The molecule has 2 aliphatic rings. The van der Waals surface area contributed by atoms with Crippen LogP contribution >= 0.6 is 0 Å². The van der Waals surface area contributed by atoms with Crippen LogP contribution in [-0.2, 0) is 14.9 Å². The number of halogens is 6. The molecule has 0 saturated carbocycles. The molecule has 4 aromatic rings. The SMILES string of the molecule is O=C1OC(=O)c2cc(C(c3cc4c5c(cccc5c3)C(=O)OC4=O)(C(F)(F)F)C(F)(F)F)cc3cccc1c23. The zero-order valence-electron chi connectivity index (χ0n) is 19.0. The molecule has 0 unspecified atom stereocenters. The summed E-state index contributed by atoms with van der Waals surface area (Å²) in [5.74, 6) is -5.02. The van der Waals surface area contributed by atoms with Crippen molar-refractivity contribution in [3.8, 4) is 0 Å². The van der Waals surface area contributed by atoms with Gasteiger partial charge in [0.2, 0.25) is 5.41 Å². The highest BCUT2D eigenvalue weighted by molar-refractivity contribution is 6.22. The van der Waals surface area contributed by atoms with E-state index in [1.807, 2.05) is 0 Å². The van der Waals surface area contributed by atoms with Crippen molar-refractivity contribution in [2.75, 3.05) is 0 Å². The van der Waals surface area contributed by atoms with Crippen molar-refractivity contribution in [3.05, 3.63) is 94.0 Å². The first-order chi connectivity index (χ1) is 18.3. The third-order valence-electron chi connectivity index (χ3n) is 6.92. The predicted molar refractivity (Wildman–Crippen MR) is 120 cm³/mol. The van der Waals surface area contributed by atoms with Crippen LogP contribution in [0.15, 0.2) is 60.7 Å². The molecular formula is C27H10F6O6. The number of rotatable bonds is 2. The maximum Gasteiger partial charge on any atom is 0.411 e. The van der Waals surface area contributed by atoms with Gasteiger partial charge in [-0.1, -0.05) is 24.3 Å². The Morgan fingerprint density at radius 3 is 1.21 bits per heavy atom. The van der Waals surface area contributed by atoms with E-state index in [0.29, 0.717) is 24.3 Å². The fraction of sp³-hybridized carbons (Fsp3) is 0.111. The summed E-state index contributed by atoms with van der Waals surface area (Å²) in [5.41, 5.74) is -9.27. The number of esters is 4. The molecule has 39 heavy (non-hydrogen) atoms. The van der Waals surface area contributed by atoms with Gasteiger partial charge < -0.3 is 9.47 Å². The lowest BCUT2D eigenvalue weighted by atomic mass is 9.70. The van der Waals surface area contributed by atoms with Crippen molar-refractivity contribution in [2.24, 2.45) is 0 Å². The number of alkyl halides is 6. The van der Waals surface area contributed by atoms with Gasteiger partial charge in [-0.2, -0.15) is 26.3 Å². The van der Waals surface area contributed by atoms with Gasteiger partial charge in [-0.05, 0) is 58.3 Å². The van der Waals surface area contributed by atoms with E-state index in [1.165, 1.54) is 24.3 Å². The highest BCUT2D eigenvalue weighted by Gasteiger charge is 2.73. The largest absolute Gasteiger partial charge is 0.411 e. The zero-order chi connectivity index (χ0) is 28.1. The summed E-state index contributed by atoms with van der Waals surface area (Å²) in [7, 11) is 0. The van der Waals surface area contributed by atoms with Crippen molar-refractivity contribution in [3.63, 3.8) is 0 Å². The van der Waals surface area contributed by atoms with Gasteiger partial charge in [-0.3, -0.25) is 0 Å². The Balaban J connectivity index is 1.77. The van der Waals surface area contributed by atoms with E-state index in [1.54, 1.807) is 0 Å². The van der Waals surface area contributed by atoms with E-state index in [9.17, 15) is 45.5 Å². The normalized spacial score (nSPS) is 15.5. The summed E-state index contributed by atoms with van der Waals surface area (Å²) < 4.78 is 98.9. The smallest absolute Gasteiger partial charge is 0.386 e. The summed E-state index contributed by atoms with van der Waals surface area (Å²) in [6.45, 7) is 0. The molecule has 0 spiro atoms. The molecule has 4 aromatic carbocycles. The van der Waals surface area contributed by atoms with Gasteiger partial charge >= 0.3 is 36.2 Å². The second-order valence-electron chi connectivity index (χ2n) is 8.95. The molecule has 0 radical (unpaired) electrons. The summed E-state index contributed by atoms with van der Waals surface area (Å²) in [5, 5.41) is -0.781. The van der Waals surface area contributed by atoms with E-state index >= 15 is 0 Å². The van der Waals surface area contributed by atoms with Crippen LogP contribution in [0.1, 0.15) is 52.6 Å². The van der Waals surface area contributed by atoms with Gasteiger partial charge in [-0.15, -0.1) is 0 Å². The predicted octanol–water partition coefficient (Wildman–Crippen LogP) is 6.02. The first kappa shape index (κ1) is 24.6. The fourth-order valence-corrected chi connectivity index (χ4v) is 5.32. The van der Waals surface area contributed by atoms with Crippen LogP contribution in [0, 0.1) is 0 Å². The second-order valence-corrected chi connectivity index (χ2v) is 8.95. The van der Waals surface area contributed by atoms with E-state index in [0.717, 1.165) is 12.1 Å². The lowest BCUT2D eigenvalue weighted by molar-refractivity contribution is -0.288. The van der Waals surface area contributed by atoms with Gasteiger partial charge in [-0.25, -0.2) is 19.2 Å². The molecule has 0 bridgehead atoms. The van der Waals surface area contributed by atoms with E-state index < -0.39 is 63.9 Å². The lowest BCUT2D eigenvalue weighted by Crippen LogP contribution is -2.55. The van der Waals surface area contributed by atoms with Gasteiger partial charge in [0.1, 0.15) is 0 Å². The van der Waals surface area contributed by atoms with Gasteiger partial charge in [0, 0.05) is 10.8 Å². The average Bonchev–Trinajstić information content (AvgIpc) is 2.84. The van der Waals surface area contributed by atoms with E-state index in [2.05, 4.69) is 9.47 Å². The minimum Gasteiger partial charge on any atom is -0.386 e. The number of hydrogen-bond donors (Lipinski definition) is 0. The Kier molecular flexibility index (Phi) is 4.82. The number of hydrogen-bond acceptors (Lipinski definition) is 6. The molecule has 6 nitrogen and oxygen atoms in total. The maximum atomic E-state index is 15.0. The molecule has 0 fully saturated rings. The van der Waals surface area contributed by atoms with Crippen LogP contribution < -0.4 is 0 Å². The van der Waals surface area contributed by atoms with E-state index in [-0.39, 0.29) is 32.7 Å². The standard InChI is InChI=1S/C27H10F6O6/c28-26(29,30)25(27(31,32)33,13-7-11-3-1-5-15-19(11)17(9-13)23(36)38-21(15)34)14-8-12-4-2-6-16-20(12)18(10-14)24(37)39-22(16)35/h1-10H. The van der Waals surface area contributed by atoms with Crippen LogP contribution in [-0.4, -0.2) is 36.2 Å². The Labute approximate surface area is 212 Å². The van der Waals surface area contributed by atoms with Gasteiger partial charge in [0.15, 0.2) is 0 Å². The van der Waals surface area contributed by atoms with Crippen LogP contribution in [0.25, 0.3) is 21.5 Å². The Morgan fingerprint density at radius 1 is 0.487 bits per heavy atom. The van der Waals surface area contributed by atoms with E-state index in [4.69, 9.17) is 0 Å². The third kappa shape index (κ3) is 3.17. The Hall–Kier alpha value is -4.74. The lowest BCUT2D eigenvalue weighted by Gasteiger charge is -2.39. The van der Waals surface area contributed by atoms with Crippen LogP contribution in [0.2, 0.25) is 0 Å². The van der Waals surface area contributed by atoms with Crippen LogP contribution in [0.4, 0.5) is 26.3 Å². The van der Waals surface area contributed by atoms with Crippen molar-refractivity contribution in [2.45, 2.75) is 17.8 Å². The molecular weight excluding hydrogens is 534 g/mol. The number of carbonyl (C=O) groups excluding carboxylic acids is 4. The average molecular weight is 544 g/mol. The molecule has 196 valence electrons. The Morgan fingerprint density at radius 2 is 0.846 bits per heavy atom. The third-order valence-corrected chi connectivity index (χ3v) is 6.92. The minimum absolute atomic E-state index is 0.152. The summed E-state index contributed by atoms with van der Waals surface area (Å²) >= 11 is 0. The first-order valence-electron chi connectivity index (χ1n) is 11.1. The highest BCUT2D eigenvalue weighted by Crippen LogP contribution is 2.57. The van der Waals surface area contributed by atoms with Crippen LogP contribution in [0.3, 0.4) is 0 Å². The number of cyclic esters (lactones) is 4. The second kappa shape index (κ2) is 7.65. The van der Waals surface area contributed by atoms with Crippen molar-refractivity contribution in [1.82, 2.24) is 0 Å². The topological polar surface area (TPSA) is 86.7 Å². The fourth-order valence-electron chi connectivity index (χ4n) is 5.32. The Bertz CT molecular complexity index is 1680. The van der Waals surface area contributed by atoms with Crippen molar-refractivity contribution < 1.29 is 55.0 Å². The molecule has 0 aliphatic carbocycles. The highest BCUT2D eigenvalue weighted by atomic mass is 19.4. The number of carbonyl (C=O) groups is 4. The summed E-state index contributed by atoms with van der Waals surface area (Å²) in [6, 6.07) is 9.21. The first-order valence-corrected chi connectivity index (χ1v) is 11.1. The molecule has 12 heteroatoms. The quantitative estimate of drug-likeness (QED) is 0.174. The summed E-state index contributed by atoms with van der Waals surface area (Å²) in [4.78, 5) is 49.2. The molecule has 2 heterocycles. The zero-order valence-corrected chi connectivity index (χ0v) is 19.0. The van der Waals surface area contributed by atoms with Crippen molar-refractivity contribution >= 4 is 45.4 Å². The molecule has 0 aromatic heterocycles.